The molecule has 3 rings (SSSR count). The van der Waals surface area contributed by atoms with Gasteiger partial charge in [-0.1, -0.05) is 71.1 Å². The summed E-state index contributed by atoms with van der Waals surface area (Å²) in [4.78, 5) is 12.3. The molecule has 0 bridgehead atoms. The number of nitrogens with one attached hydrogen (secondary N) is 1. The van der Waals surface area contributed by atoms with Gasteiger partial charge in [0.2, 0.25) is 0 Å². The van der Waals surface area contributed by atoms with E-state index in [2.05, 4.69) is 52.2 Å². The van der Waals surface area contributed by atoms with E-state index in [9.17, 15) is 4.79 Å². The molecule has 0 aliphatic heterocycles. The fraction of sp³-hybridized carbons (Fsp3) is 0.690. The van der Waals surface area contributed by atoms with E-state index in [1.807, 2.05) is 24.3 Å². The maximum atomic E-state index is 12.3. The number of ether oxygens (including phenoxy) is 13. The van der Waals surface area contributed by atoms with Crippen molar-refractivity contribution in [2.45, 2.75) is 12.3 Å². The lowest BCUT2D eigenvalue weighted by atomic mass is 9.98. The second kappa shape index (κ2) is 36.8. The van der Waals surface area contributed by atoms with E-state index in [0.29, 0.717) is 172 Å². The van der Waals surface area contributed by atoms with Gasteiger partial charge in [0.1, 0.15) is 6.61 Å². The molecule has 0 aromatic heterocycles. The molecule has 58 heavy (non-hydrogen) atoms. The van der Waals surface area contributed by atoms with Crippen LogP contribution in [0.25, 0.3) is 11.1 Å². The van der Waals surface area contributed by atoms with Crippen molar-refractivity contribution in [3.05, 3.63) is 59.7 Å². The minimum absolute atomic E-state index is 0.0486. The Hall–Kier alpha value is -2.04. The average Bonchev–Trinajstić information content (AvgIpc) is 3.57. The van der Waals surface area contributed by atoms with Gasteiger partial charge in [-0.05, 0) is 28.7 Å². The number of fused-ring (bicyclic) bond motifs is 3. The van der Waals surface area contributed by atoms with Crippen molar-refractivity contribution in [2.24, 2.45) is 0 Å². The third-order valence-electron chi connectivity index (χ3n) is 8.39. The standard InChI is InChI=1S/C42H66INO14/c43-10-13-47-15-17-49-19-21-51-23-25-53-27-29-55-31-33-57-35-34-56-32-30-54-28-26-52-24-22-50-20-18-48-16-14-46-12-5-11-44-42(45)58-36-41-39-8-3-1-6-37(39)38-7-2-4-9-40(38)41/h1-4,6-9,41H,5,10-36H2,(H,44,45). The predicted molar refractivity (Wildman–Crippen MR) is 226 cm³/mol. The molecule has 16 heteroatoms. The Morgan fingerprint density at radius 2 is 0.724 bits per heavy atom. The molecule has 2 aromatic rings. The number of carbonyl (C=O) groups excluding carboxylic acids is 1. The smallest absolute Gasteiger partial charge is 0.407 e. The molecule has 0 saturated carbocycles. The molecule has 0 unspecified atom stereocenters. The highest BCUT2D eigenvalue weighted by molar-refractivity contribution is 14.1. The van der Waals surface area contributed by atoms with Crippen molar-refractivity contribution in [2.75, 3.05) is 176 Å². The summed E-state index contributed by atoms with van der Waals surface area (Å²) in [6, 6.07) is 16.6. The Morgan fingerprint density at radius 1 is 0.431 bits per heavy atom. The van der Waals surface area contributed by atoms with Crippen LogP contribution in [0.3, 0.4) is 0 Å². The highest BCUT2D eigenvalue weighted by Crippen LogP contribution is 2.44. The quantitative estimate of drug-likeness (QED) is 0.0565. The normalized spacial score (nSPS) is 12.2. The number of rotatable bonds is 41. The molecule has 1 aliphatic carbocycles. The summed E-state index contributed by atoms with van der Waals surface area (Å²) in [6.07, 6.45) is 0.268. The number of hydrogen-bond donors (Lipinski definition) is 1. The van der Waals surface area contributed by atoms with Crippen LogP contribution in [0.5, 0.6) is 0 Å². The average molecular weight is 936 g/mol. The Labute approximate surface area is 358 Å². The summed E-state index contributed by atoms with van der Waals surface area (Å²) in [5, 5.41) is 2.81. The second-order valence-corrected chi connectivity index (χ2v) is 13.7. The zero-order chi connectivity index (χ0) is 40.8. The van der Waals surface area contributed by atoms with Gasteiger partial charge < -0.3 is 66.9 Å². The molecule has 0 atom stereocenters. The lowest BCUT2D eigenvalue weighted by molar-refractivity contribution is -0.0282. The van der Waals surface area contributed by atoms with Crippen molar-refractivity contribution >= 4 is 28.7 Å². The van der Waals surface area contributed by atoms with Crippen molar-refractivity contribution in [3.8, 4) is 11.1 Å². The van der Waals surface area contributed by atoms with Crippen molar-refractivity contribution in [1.82, 2.24) is 5.32 Å². The lowest BCUT2D eigenvalue weighted by Gasteiger charge is -2.14. The van der Waals surface area contributed by atoms with E-state index in [0.717, 1.165) is 11.0 Å². The van der Waals surface area contributed by atoms with Gasteiger partial charge in [0.15, 0.2) is 0 Å². The fourth-order valence-corrected chi connectivity index (χ4v) is 5.90. The second-order valence-electron chi connectivity index (χ2n) is 12.6. The molecular formula is C42H66INO14. The van der Waals surface area contributed by atoms with Gasteiger partial charge in [0, 0.05) is 23.5 Å². The molecule has 0 saturated heterocycles. The number of amides is 1. The summed E-state index contributed by atoms with van der Waals surface area (Å²) in [7, 11) is 0. The van der Waals surface area contributed by atoms with Crippen molar-refractivity contribution in [3.63, 3.8) is 0 Å². The van der Waals surface area contributed by atoms with Gasteiger partial charge in [-0.2, -0.15) is 0 Å². The molecule has 1 N–H and O–H groups in total. The van der Waals surface area contributed by atoms with E-state index in [1.54, 1.807) is 0 Å². The van der Waals surface area contributed by atoms with Crippen LogP contribution in [0.1, 0.15) is 23.5 Å². The number of alkyl carbamates (subject to hydrolysis) is 1. The molecule has 0 fully saturated rings. The third kappa shape index (κ3) is 24.9. The molecule has 2 aromatic carbocycles. The number of carbonyl (C=O) groups is 1. The van der Waals surface area contributed by atoms with Gasteiger partial charge in [-0.25, -0.2) is 4.79 Å². The highest BCUT2D eigenvalue weighted by atomic mass is 127. The summed E-state index contributed by atoms with van der Waals surface area (Å²) >= 11 is 2.28. The third-order valence-corrected chi connectivity index (χ3v) is 8.83. The van der Waals surface area contributed by atoms with E-state index in [4.69, 9.17) is 61.6 Å². The van der Waals surface area contributed by atoms with Crippen LogP contribution >= 0.6 is 22.6 Å². The Bertz CT molecular complexity index is 1220. The van der Waals surface area contributed by atoms with Crippen LogP contribution in [-0.2, 0) is 61.6 Å². The molecule has 0 heterocycles. The van der Waals surface area contributed by atoms with Crippen LogP contribution in [0.4, 0.5) is 4.79 Å². The number of hydrogen-bond acceptors (Lipinski definition) is 14. The summed E-state index contributed by atoms with van der Waals surface area (Å²) in [5.74, 6) is 0.0486. The number of benzene rings is 2. The SMILES string of the molecule is O=C(NCCCOCCOCCOCCOCCOCCOCCOCCOCCOCCOCCOCCOCCI)OCC1c2ccccc2-c2ccccc21. The Morgan fingerprint density at radius 3 is 1.05 bits per heavy atom. The first-order valence-electron chi connectivity index (χ1n) is 20.4. The molecular weight excluding hydrogens is 869 g/mol. The predicted octanol–water partition coefficient (Wildman–Crippen LogP) is 4.55. The number of alkyl halides is 1. The molecule has 330 valence electrons. The van der Waals surface area contributed by atoms with Crippen LogP contribution < -0.4 is 5.32 Å². The first kappa shape index (κ1) is 50.3. The summed E-state index contributed by atoms with van der Waals surface area (Å²) < 4.78 is 72.4. The highest BCUT2D eigenvalue weighted by Gasteiger charge is 2.28. The monoisotopic (exact) mass is 935 g/mol. The maximum absolute atomic E-state index is 12.3. The van der Waals surface area contributed by atoms with Crippen LogP contribution in [0.2, 0.25) is 0 Å². The largest absolute Gasteiger partial charge is 0.449 e. The van der Waals surface area contributed by atoms with E-state index in [-0.39, 0.29) is 5.92 Å². The molecule has 1 aliphatic rings. The van der Waals surface area contributed by atoms with Crippen LogP contribution in [0.15, 0.2) is 48.5 Å². The fourth-order valence-electron chi connectivity index (χ4n) is 5.59. The van der Waals surface area contributed by atoms with Gasteiger partial charge >= 0.3 is 6.09 Å². The zero-order valence-corrected chi connectivity index (χ0v) is 36.2. The molecule has 15 nitrogen and oxygen atoms in total. The van der Waals surface area contributed by atoms with E-state index in [1.165, 1.54) is 22.3 Å². The number of halogens is 1. The molecule has 1 amide bonds. The Kier molecular flexibility index (Phi) is 31.9. The molecule has 0 spiro atoms. The lowest BCUT2D eigenvalue weighted by Crippen LogP contribution is -2.27. The molecule has 0 radical (unpaired) electrons. The van der Waals surface area contributed by atoms with E-state index >= 15 is 0 Å². The minimum Gasteiger partial charge on any atom is -0.449 e. The van der Waals surface area contributed by atoms with Crippen molar-refractivity contribution < 1.29 is 66.4 Å². The van der Waals surface area contributed by atoms with Crippen LogP contribution in [-0.4, -0.2) is 182 Å². The summed E-state index contributed by atoms with van der Waals surface area (Å²) in [5.41, 5.74) is 4.81. The Balaban J connectivity index is 0.927. The van der Waals surface area contributed by atoms with Gasteiger partial charge in [0.05, 0.1) is 152 Å². The van der Waals surface area contributed by atoms with Gasteiger partial charge in [-0.3, -0.25) is 0 Å². The van der Waals surface area contributed by atoms with Gasteiger partial charge in [0.25, 0.3) is 0 Å². The first-order valence-corrected chi connectivity index (χ1v) is 21.9. The van der Waals surface area contributed by atoms with Crippen molar-refractivity contribution in [1.29, 1.82) is 0 Å². The zero-order valence-electron chi connectivity index (χ0n) is 34.1. The first-order chi connectivity index (χ1) is 28.8. The van der Waals surface area contributed by atoms with Gasteiger partial charge in [-0.15, -0.1) is 0 Å². The van der Waals surface area contributed by atoms with E-state index < -0.39 is 6.09 Å². The summed E-state index contributed by atoms with van der Waals surface area (Å²) in [6.45, 7) is 13.3. The topological polar surface area (TPSA) is 149 Å². The minimum atomic E-state index is -0.415. The van der Waals surface area contributed by atoms with Crippen LogP contribution in [0, 0.1) is 0 Å². The maximum Gasteiger partial charge on any atom is 0.407 e.